The Hall–Kier alpha value is -0.0800. The van der Waals surface area contributed by atoms with Gasteiger partial charge in [0.05, 0.1) is 0 Å². The molecule has 0 bridgehead atoms. The summed E-state index contributed by atoms with van der Waals surface area (Å²) < 4.78 is 6.32. The Morgan fingerprint density at radius 2 is 2.55 bits per heavy atom. The summed E-state index contributed by atoms with van der Waals surface area (Å²) in [5.74, 6) is 0.639. The van der Waals surface area contributed by atoms with Gasteiger partial charge in [0.2, 0.25) is 0 Å². The third kappa shape index (κ3) is 2.80. The maximum absolute atomic E-state index is 5.02. The molecule has 0 aromatic heterocycles. The van der Waals surface area contributed by atoms with Crippen LogP contribution in [-0.4, -0.2) is 13.7 Å². The predicted octanol–water partition coefficient (Wildman–Crippen LogP) is 2.88. The van der Waals surface area contributed by atoms with E-state index in [-0.39, 0.29) is 0 Å². The predicted molar refractivity (Wildman–Crippen MR) is 50.8 cm³/mol. The molecule has 0 heterocycles. The summed E-state index contributed by atoms with van der Waals surface area (Å²) in [5, 5.41) is 0. The SMILES string of the molecule is COCCC1CC=CC=C1Br. The highest BCUT2D eigenvalue weighted by Crippen LogP contribution is 2.27. The molecule has 0 spiro atoms. The fourth-order valence-corrected chi connectivity index (χ4v) is 1.74. The highest BCUT2D eigenvalue weighted by Gasteiger charge is 2.11. The number of hydrogen-bond donors (Lipinski definition) is 0. The second-order valence-electron chi connectivity index (χ2n) is 2.69. The lowest BCUT2D eigenvalue weighted by Crippen LogP contribution is -2.05. The van der Waals surface area contributed by atoms with Crippen LogP contribution >= 0.6 is 15.9 Å². The summed E-state index contributed by atoms with van der Waals surface area (Å²) in [5.41, 5.74) is 0. The van der Waals surface area contributed by atoms with E-state index in [0.717, 1.165) is 19.4 Å². The van der Waals surface area contributed by atoms with Crippen LogP contribution < -0.4 is 0 Å². The van der Waals surface area contributed by atoms with E-state index in [2.05, 4.69) is 34.2 Å². The maximum Gasteiger partial charge on any atom is 0.0468 e. The van der Waals surface area contributed by atoms with Crippen molar-refractivity contribution in [3.05, 3.63) is 22.7 Å². The third-order valence-electron chi connectivity index (χ3n) is 1.87. The van der Waals surface area contributed by atoms with Crippen molar-refractivity contribution in [2.45, 2.75) is 12.8 Å². The molecule has 0 saturated heterocycles. The van der Waals surface area contributed by atoms with E-state index < -0.39 is 0 Å². The molecular weight excluding hydrogens is 204 g/mol. The van der Waals surface area contributed by atoms with Gasteiger partial charge >= 0.3 is 0 Å². The van der Waals surface area contributed by atoms with Crippen LogP contribution in [0.3, 0.4) is 0 Å². The number of hydrogen-bond acceptors (Lipinski definition) is 1. The minimum absolute atomic E-state index is 0.639. The zero-order chi connectivity index (χ0) is 8.10. The molecule has 0 amide bonds. The van der Waals surface area contributed by atoms with E-state index in [9.17, 15) is 0 Å². The molecule has 1 nitrogen and oxygen atoms in total. The van der Waals surface area contributed by atoms with Crippen LogP contribution in [0.4, 0.5) is 0 Å². The van der Waals surface area contributed by atoms with Gasteiger partial charge in [0.15, 0.2) is 0 Å². The van der Waals surface area contributed by atoms with Gasteiger partial charge in [-0.2, -0.15) is 0 Å². The summed E-state index contributed by atoms with van der Waals surface area (Å²) in [6.07, 6.45) is 8.65. The zero-order valence-corrected chi connectivity index (χ0v) is 8.30. The van der Waals surface area contributed by atoms with Gasteiger partial charge < -0.3 is 4.74 Å². The molecular formula is C9H13BrO. The van der Waals surface area contributed by atoms with Crippen LogP contribution in [0.25, 0.3) is 0 Å². The number of methoxy groups -OCH3 is 1. The van der Waals surface area contributed by atoms with Crippen molar-refractivity contribution in [1.82, 2.24) is 0 Å². The quantitative estimate of drug-likeness (QED) is 0.706. The van der Waals surface area contributed by atoms with Gasteiger partial charge in [-0.1, -0.05) is 34.2 Å². The van der Waals surface area contributed by atoms with Crippen molar-refractivity contribution in [2.24, 2.45) is 5.92 Å². The van der Waals surface area contributed by atoms with Crippen molar-refractivity contribution in [3.63, 3.8) is 0 Å². The molecule has 0 aromatic carbocycles. The molecule has 1 aliphatic carbocycles. The first-order valence-corrected chi connectivity index (χ1v) is 4.65. The lowest BCUT2D eigenvalue weighted by molar-refractivity contribution is 0.184. The summed E-state index contributed by atoms with van der Waals surface area (Å²) in [6, 6.07) is 0. The lowest BCUT2D eigenvalue weighted by atomic mass is 9.98. The van der Waals surface area contributed by atoms with Gasteiger partial charge in [-0.25, -0.2) is 0 Å². The smallest absolute Gasteiger partial charge is 0.0468 e. The molecule has 0 N–H and O–H groups in total. The minimum Gasteiger partial charge on any atom is -0.385 e. The van der Waals surface area contributed by atoms with E-state index in [0.29, 0.717) is 5.92 Å². The molecule has 0 radical (unpaired) electrons. The Kier molecular flexibility index (Phi) is 3.87. The number of rotatable bonds is 3. The first kappa shape index (κ1) is 9.01. The molecule has 0 saturated carbocycles. The van der Waals surface area contributed by atoms with Crippen LogP contribution in [0.15, 0.2) is 22.7 Å². The Balaban J connectivity index is 2.35. The highest BCUT2D eigenvalue weighted by molar-refractivity contribution is 9.11. The van der Waals surface area contributed by atoms with E-state index in [1.165, 1.54) is 4.48 Å². The van der Waals surface area contributed by atoms with Gasteiger partial charge in [0, 0.05) is 13.7 Å². The van der Waals surface area contributed by atoms with Crippen LogP contribution in [0.2, 0.25) is 0 Å². The monoisotopic (exact) mass is 216 g/mol. The second-order valence-corrected chi connectivity index (χ2v) is 3.61. The average Bonchev–Trinajstić information content (AvgIpc) is 2.03. The van der Waals surface area contributed by atoms with Crippen LogP contribution in [0.1, 0.15) is 12.8 Å². The average molecular weight is 217 g/mol. The molecule has 0 aliphatic heterocycles. The number of halogens is 1. The normalized spacial score (nSPS) is 23.5. The minimum atomic E-state index is 0.639. The van der Waals surface area contributed by atoms with Gasteiger partial charge in [0.1, 0.15) is 0 Å². The summed E-state index contributed by atoms with van der Waals surface area (Å²) in [6.45, 7) is 0.849. The first-order chi connectivity index (χ1) is 5.34. The van der Waals surface area contributed by atoms with Crippen LogP contribution in [0, 0.1) is 5.92 Å². The van der Waals surface area contributed by atoms with Gasteiger partial charge in [-0.15, -0.1) is 0 Å². The standard InChI is InChI=1S/C9H13BrO/c1-11-7-6-8-4-2-3-5-9(8)10/h2-3,5,8H,4,6-7H2,1H3. The molecule has 1 unspecified atom stereocenters. The summed E-state index contributed by atoms with van der Waals surface area (Å²) in [4.78, 5) is 0. The second kappa shape index (κ2) is 4.73. The summed E-state index contributed by atoms with van der Waals surface area (Å²) in [7, 11) is 1.75. The highest BCUT2D eigenvalue weighted by atomic mass is 79.9. The number of allylic oxidation sites excluding steroid dienone is 4. The molecule has 11 heavy (non-hydrogen) atoms. The topological polar surface area (TPSA) is 9.23 Å². The zero-order valence-electron chi connectivity index (χ0n) is 6.72. The number of ether oxygens (including phenoxy) is 1. The lowest BCUT2D eigenvalue weighted by Gasteiger charge is -2.16. The summed E-state index contributed by atoms with van der Waals surface area (Å²) >= 11 is 3.54. The Morgan fingerprint density at radius 3 is 3.18 bits per heavy atom. The van der Waals surface area contributed by atoms with Gasteiger partial charge in [0.25, 0.3) is 0 Å². The van der Waals surface area contributed by atoms with E-state index in [1.54, 1.807) is 7.11 Å². The van der Waals surface area contributed by atoms with Crippen molar-refractivity contribution in [1.29, 1.82) is 0 Å². The molecule has 1 aliphatic rings. The van der Waals surface area contributed by atoms with Crippen molar-refractivity contribution >= 4 is 15.9 Å². The van der Waals surface area contributed by atoms with E-state index in [1.807, 2.05) is 0 Å². The van der Waals surface area contributed by atoms with E-state index >= 15 is 0 Å². The van der Waals surface area contributed by atoms with Gasteiger partial charge in [-0.3, -0.25) is 0 Å². The Labute approximate surface area is 76.3 Å². The van der Waals surface area contributed by atoms with Crippen molar-refractivity contribution < 1.29 is 4.74 Å². The maximum atomic E-state index is 5.02. The molecule has 0 fully saturated rings. The van der Waals surface area contributed by atoms with Crippen molar-refractivity contribution in [2.75, 3.05) is 13.7 Å². The fourth-order valence-electron chi connectivity index (χ4n) is 1.17. The third-order valence-corrected chi connectivity index (χ3v) is 2.78. The Morgan fingerprint density at radius 1 is 1.73 bits per heavy atom. The van der Waals surface area contributed by atoms with Crippen molar-refractivity contribution in [3.8, 4) is 0 Å². The molecule has 62 valence electrons. The molecule has 2 heteroatoms. The van der Waals surface area contributed by atoms with Crippen LogP contribution in [0.5, 0.6) is 0 Å². The van der Waals surface area contributed by atoms with Crippen LogP contribution in [-0.2, 0) is 4.74 Å². The molecule has 1 atom stereocenters. The first-order valence-electron chi connectivity index (χ1n) is 3.85. The molecule has 0 aromatic rings. The Bertz CT molecular complexity index is 172. The van der Waals surface area contributed by atoms with Gasteiger partial charge in [-0.05, 0) is 23.2 Å². The van der Waals surface area contributed by atoms with E-state index in [4.69, 9.17) is 4.74 Å². The largest absolute Gasteiger partial charge is 0.385 e. The molecule has 1 rings (SSSR count). The fraction of sp³-hybridized carbons (Fsp3) is 0.556.